The lowest BCUT2D eigenvalue weighted by atomic mass is 10.0. The number of hydrogen-bond donors (Lipinski definition) is 1. The third-order valence-electron chi connectivity index (χ3n) is 2.46. The summed E-state index contributed by atoms with van der Waals surface area (Å²) in [5.74, 6) is 0. The first-order valence-corrected chi connectivity index (χ1v) is 5.32. The molecule has 0 aliphatic carbocycles. The van der Waals surface area contributed by atoms with Crippen molar-refractivity contribution in [2.75, 3.05) is 0 Å². The highest BCUT2D eigenvalue weighted by Crippen LogP contribution is 2.19. The van der Waals surface area contributed by atoms with E-state index in [-0.39, 0.29) is 6.04 Å². The van der Waals surface area contributed by atoms with Gasteiger partial charge < -0.3 is 5.73 Å². The lowest BCUT2D eigenvalue weighted by molar-refractivity contribution is 0.608. The van der Waals surface area contributed by atoms with Gasteiger partial charge in [-0.1, -0.05) is 6.08 Å². The van der Waals surface area contributed by atoms with E-state index in [0.717, 1.165) is 36.2 Å². The molecular weight excluding hydrogens is 186 g/mol. The third-order valence-corrected chi connectivity index (χ3v) is 2.46. The fourth-order valence-electron chi connectivity index (χ4n) is 1.58. The van der Waals surface area contributed by atoms with E-state index in [2.05, 4.69) is 16.8 Å². The van der Waals surface area contributed by atoms with Gasteiger partial charge in [0.05, 0.1) is 11.4 Å². The molecule has 0 spiro atoms. The minimum atomic E-state index is 0.0687. The first-order valence-electron chi connectivity index (χ1n) is 5.32. The van der Waals surface area contributed by atoms with Gasteiger partial charge in [0.2, 0.25) is 0 Å². The van der Waals surface area contributed by atoms with E-state index in [1.165, 1.54) is 0 Å². The van der Waals surface area contributed by atoms with Gasteiger partial charge in [-0.05, 0) is 44.7 Å². The summed E-state index contributed by atoms with van der Waals surface area (Å²) in [5, 5.41) is 8.07. The van der Waals surface area contributed by atoms with E-state index in [0.29, 0.717) is 0 Å². The summed E-state index contributed by atoms with van der Waals surface area (Å²) in [6.45, 7) is 7.59. The van der Waals surface area contributed by atoms with Crippen molar-refractivity contribution in [3.8, 4) is 0 Å². The summed E-state index contributed by atoms with van der Waals surface area (Å²) in [7, 11) is 0. The summed E-state index contributed by atoms with van der Waals surface area (Å²) in [6.07, 6.45) is 4.99. The molecule has 0 aliphatic heterocycles. The van der Waals surface area contributed by atoms with Gasteiger partial charge in [0.1, 0.15) is 0 Å². The van der Waals surface area contributed by atoms with Crippen molar-refractivity contribution in [1.82, 2.24) is 10.2 Å². The molecule has 3 heteroatoms. The van der Waals surface area contributed by atoms with Crippen molar-refractivity contribution in [2.45, 2.75) is 39.2 Å². The zero-order chi connectivity index (χ0) is 11.3. The van der Waals surface area contributed by atoms with Gasteiger partial charge in [-0.2, -0.15) is 10.2 Å². The topological polar surface area (TPSA) is 51.8 Å². The largest absolute Gasteiger partial charge is 0.324 e. The minimum Gasteiger partial charge on any atom is -0.324 e. The van der Waals surface area contributed by atoms with Gasteiger partial charge >= 0.3 is 0 Å². The van der Waals surface area contributed by atoms with Crippen molar-refractivity contribution < 1.29 is 0 Å². The lowest BCUT2D eigenvalue weighted by Gasteiger charge is -2.13. The average molecular weight is 205 g/mol. The zero-order valence-corrected chi connectivity index (χ0v) is 9.53. The van der Waals surface area contributed by atoms with Crippen LogP contribution in [0.5, 0.6) is 0 Å². The van der Waals surface area contributed by atoms with Crippen molar-refractivity contribution in [2.24, 2.45) is 5.73 Å². The molecule has 1 atom stereocenters. The number of nitrogens with zero attached hydrogens (tertiary/aromatic N) is 2. The van der Waals surface area contributed by atoms with Crippen LogP contribution >= 0.6 is 0 Å². The standard InChI is InChI=1S/C12H19N3/c1-4-5-6-7-12(13)11-8-9(2)14-15-10(11)3/h4,8,12H,1,5-7,13H2,2-3H3. The van der Waals surface area contributed by atoms with Crippen LogP contribution in [0.1, 0.15) is 42.3 Å². The summed E-state index contributed by atoms with van der Waals surface area (Å²) in [5.41, 5.74) is 9.08. The second kappa shape index (κ2) is 5.61. The molecule has 0 fully saturated rings. The van der Waals surface area contributed by atoms with E-state index in [4.69, 9.17) is 5.73 Å². The molecule has 0 radical (unpaired) electrons. The first kappa shape index (κ1) is 11.9. The molecule has 15 heavy (non-hydrogen) atoms. The Balaban J connectivity index is 2.67. The van der Waals surface area contributed by atoms with E-state index in [1.54, 1.807) is 0 Å². The second-order valence-electron chi connectivity index (χ2n) is 3.85. The third kappa shape index (κ3) is 3.44. The normalized spacial score (nSPS) is 12.5. The smallest absolute Gasteiger partial charge is 0.0648 e. The Bertz CT molecular complexity index is 334. The summed E-state index contributed by atoms with van der Waals surface area (Å²) in [4.78, 5) is 0. The molecule has 1 unspecified atom stereocenters. The van der Waals surface area contributed by atoms with Crippen LogP contribution in [0, 0.1) is 13.8 Å². The number of aryl methyl sites for hydroxylation is 2. The molecule has 0 bridgehead atoms. The van der Waals surface area contributed by atoms with Crippen LogP contribution in [-0.2, 0) is 0 Å². The number of allylic oxidation sites excluding steroid dienone is 1. The van der Waals surface area contributed by atoms with Gasteiger partial charge in [-0.15, -0.1) is 6.58 Å². The fourth-order valence-corrected chi connectivity index (χ4v) is 1.58. The first-order chi connectivity index (χ1) is 7.15. The van der Waals surface area contributed by atoms with E-state index >= 15 is 0 Å². The van der Waals surface area contributed by atoms with Gasteiger partial charge in [0.25, 0.3) is 0 Å². The minimum absolute atomic E-state index is 0.0687. The molecular formula is C12H19N3. The van der Waals surface area contributed by atoms with Crippen LogP contribution < -0.4 is 5.73 Å². The molecule has 1 rings (SSSR count). The molecule has 0 aromatic carbocycles. The summed E-state index contributed by atoms with van der Waals surface area (Å²) in [6, 6.07) is 2.10. The quantitative estimate of drug-likeness (QED) is 0.593. The zero-order valence-electron chi connectivity index (χ0n) is 9.53. The number of aromatic nitrogens is 2. The molecule has 1 aromatic heterocycles. The van der Waals surface area contributed by atoms with Crippen molar-refractivity contribution in [1.29, 1.82) is 0 Å². The highest BCUT2D eigenvalue weighted by molar-refractivity contribution is 5.23. The van der Waals surface area contributed by atoms with Gasteiger partial charge in [-0.3, -0.25) is 0 Å². The molecule has 0 saturated carbocycles. The maximum Gasteiger partial charge on any atom is 0.0648 e. The maximum atomic E-state index is 6.10. The Morgan fingerprint density at radius 3 is 2.87 bits per heavy atom. The number of hydrogen-bond acceptors (Lipinski definition) is 3. The van der Waals surface area contributed by atoms with Gasteiger partial charge in [0.15, 0.2) is 0 Å². The molecule has 1 aromatic rings. The van der Waals surface area contributed by atoms with Gasteiger partial charge in [0, 0.05) is 6.04 Å². The molecule has 0 aliphatic rings. The lowest BCUT2D eigenvalue weighted by Crippen LogP contribution is -2.13. The van der Waals surface area contributed by atoms with Crippen molar-refractivity contribution in [3.05, 3.63) is 35.7 Å². The Hall–Kier alpha value is -1.22. The number of nitrogens with two attached hydrogens (primary N) is 1. The molecule has 0 saturated heterocycles. The maximum absolute atomic E-state index is 6.10. The average Bonchev–Trinajstić information content (AvgIpc) is 2.22. The summed E-state index contributed by atoms with van der Waals surface area (Å²) >= 11 is 0. The number of rotatable bonds is 5. The van der Waals surface area contributed by atoms with E-state index in [1.807, 2.05) is 26.0 Å². The number of unbranched alkanes of at least 4 members (excludes halogenated alkanes) is 1. The van der Waals surface area contributed by atoms with Crippen LogP contribution in [0.15, 0.2) is 18.7 Å². The molecule has 82 valence electrons. The molecule has 0 amide bonds. The van der Waals surface area contributed by atoms with Gasteiger partial charge in [-0.25, -0.2) is 0 Å². The molecule has 2 N–H and O–H groups in total. The Labute approximate surface area is 91.4 Å². The highest BCUT2D eigenvalue weighted by atomic mass is 15.1. The fraction of sp³-hybridized carbons (Fsp3) is 0.500. The Kier molecular flexibility index (Phi) is 4.43. The Morgan fingerprint density at radius 2 is 2.20 bits per heavy atom. The van der Waals surface area contributed by atoms with Crippen LogP contribution in [0.4, 0.5) is 0 Å². The second-order valence-corrected chi connectivity index (χ2v) is 3.85. The summed E-state index contributed by atoms with van der Waals surface area (Å²) < 4.78 is 0. The molecule has 3 nitrogen and oxygen atoms in total. The van der Waals surface area contributed by atoms with Crippen LogP contribution in [0.3, 0.4) is 0 Å². The van der Waals surface area contributed by atoms with E-state index in [9.17, 15) is 0 Å². The predicted molar refractivity (Wildman–Crippen MR) is 62.5 cm³/mol. The predicted octanol–water partition coefficient (Wildman–Crippen LogP) is 2.45. The molecule has 1 heterocycles. The van der Waals surface area contributed by atoms with Crippen LogP contribution in [0.25, 0.3) is 0 Å². The highest BCUT2D eigenvalue weighted by Gasteiger charge is 2.10. The Morgan fingerprint density at radius 1 is 1.47 bits per heavy atom. The van der Waals surface area contributed by atoms with E-state index < -0.39 is 0 Å². The van der Waals surface area contributed by atoms with Crippen LogP contribution in [-0.4, -0.2) is 10.2 Å². The van der Waals surface area contributed by atoms with Crippen molar-refractivity contribution >= 4 is 0 Å². The van der Waals surface area contributed by atoms with Crippen molar-refractivity contribution in [3.63, 3.8) is 0 Å². The van der Waals surface area contributed by atoms with Crippen LogP contribution in [0.2, 0.25) is 0 Å². The monoisotopic (exact) mass is 205 g/mol. The SMILES string of the molecule is C=CCCCC(N)c1cc(C)nnc1C.